The van der Waals surface area contributed by atoms with Crippen molar-refractivity contribution < 1.29 is 4.79 Å². The minimum absolute atomic E-state index is 0.546. The molecule has 3 rings (SSSR count). The van der Waals surface area contributed by atoms with Gasteiger partial charge in [0.1, 0.15) is 0 Å². The second-order valence-electron chi connectivity index (χ2n) is 4.91. The van der Waals surface area contributed by atoms with Crippen LogP contribution in [0.2, 0.25) is 10.0 Å². The van der Waals surface area contributed by atoms with E-state index in [2.05, 4.69) is 0 Å². The molecule has 0 saturated heterocycles. The van der Waals surface area contributed by atoms with Crippen LogP contribution in [0.25, 0.3) is 22.3 Å². The molecule has 0 aromatic heterocycles. The van der Waals surface area contributed by atoms with E-state index in [1.165, 1.54) is 0 Å². The van der Waals surface area contributed by atoms with Crippen LogP contribution in [0.15, 0.2) is 66.7 Å². The first-order valence-corrected chi connectivity index (χ1v) is 7.55. The second-order valence-corrected chi connectivity index (χ2v) is 5.78. The van der Waals surface area contributed by atoms with Crippen molar-refractivity contribution in [3.8, 4) is 22.3 Å². The van der Waals surface area contributed by atoms with Gasteiger partial charge < -0.3 is 0 Å². The highest BCUT2D eigenvalue weighted by Gasteiger charge is 2.12. The van der Waals surface area contributed by atoms with Crippen molar-refractivity contribution >= 4 is 29.5 Å². The van der Waals surface area contributed by atoms with Crippen molar-refractivity contribution in [2.24, 2.45) is 0 Å². The molecule has 0 aliphatic heterocycles. The number of carbonyl (C=O) groups is 1. The van der Waals surface area contributed by atoms with E-state index in [0.717, 1.165) is 28.5 Å². The Morgan fingerprint density at radius 3 is 1.86 bits per heavy atom. The highest BCUT2D eigenvalue weighted by Crippen LogP contribution is 2.33. The second kappa shape index (κ2) is 6.35. The first-order chi connectivity index (χ1) is 10.7. The Morgan fingerprint density at radius 2 is 1.27 bits per heavy atom. The van der Waals surface area contributed by atoms with Crippen LogP contribution in [0.5, 0.6) is 0 Å². The Balaban J connectivity index is 2.23. The molecule has 0 spiro atoms. The summed E-state index contributed by atoms with van der Waals surface area (Å²) in [7, 11) is 0. The van der Waals surface area contributed by atoms with Gasteiger partial charge in [-0.15, -0.1) is 0 Å². The van der Waals surface area contributed by atoms with Gasteiger partial charge in [-0.1, -0.05) is 71.7 Å². The van der Waals surface area contributed by atoms with Gasteiger partial charge in [0.2, 0.25) is 0 Å². The maximum Gasteiger partial charge on any atom is 0.151 e. The number of halogens is 2. The van der Waals surface area contributed by atoms with Crippen molar-refractivity contribution in [3.63, 3.8) is 0 Å². The van der Waals surface area contributed by atoms with E-state index in [4.69, 9.17) is 23.2 Å². The van der Waals surface area contributed by atoms with Gasteiger partial charge in [-0.2, -0.15) is 0 Å². The molecule has 0 unspecified atom stereocenters. The first-order valence-electron chi connectivity index (χ1n) is 6.79. The highest BCUT2D eigenvalue weighted by atomic mass is 35.5. The Bertz CT molecular complexity index is 806. The van der Waals surface area contributed by atoms with Crippen LogP contribution in [0.1, 0.15) is 10.4 Å². The van der Waals surface area contributed by atoms with Gasteiger partial charge in [-0.05, 0) is 40.5 Å². The Labute approximate surface area is 139 Å². The predicted octanol–water partition coefficient (Wildman–Crippen LogP) is 6.14. The third kappa shape index (κ3) is 2.92. The number of aldehydes is 1. The lowest BCUT2D eigenvalue weighted by Crippen LogP contribution is -1.92. The molecule has 0 N–H and O–H groups in total. The summed E-state index contributed by atoms with van der Waals surface area (Å²) >= 11 is 12.2. The van der Waals surface area contributed by atoms with Gasteiger partial charge in [0.25, 0.3) is 0 Å². The van der Waals surface area contributed by atoms with E-state index < -0.39 is 0 Å². The summed E-state index contributed by atoms with van der Waals surface area (Å²) in [6.45, 7) is 0. The molecular weight excluding hydrogens is 315 g/mol. The number of hydrogen-bond donors (Lipinski definition) is 0. The standard InChI is InChI=1S/C19H12Cl2O/c20-15-9-14(10-16(21)11-15)18-8-4-7-17(19(18)12-22)13-5-2-1-3-6-13/h1-12H. The molecule has 0 aliphatic rings. The fourth-order valence-electron chi connectivity index (χ4n) is 2.52. The predicted molar refractivity (Wildman–Crippen MR) is 92.7 cm³/mol. The molecule has 0 saturated carbocycles. The van der Waals surface area contributed by atoms with Gasteiger partial charge in [-0.3, -0.25) is 4.79 Å². The third-order valence-corrected chi connectivity index (χ3v) is 3.92. The first kappa shape index (κ1) is 14.8. The number of hydrogen-bond acceptors (Lipinski definition) is 1. The smallest absolute Gasteiger partial charge is 0.151 e. The van der Waals surface area contributed by atoms with Crippen molar-refractivity contribution in [2.75, 3.05) is 0 Å². The summed E-state index contributed by atoms with van der Waals surface area (Å²) < 4.78 is 0. The quantitative estimate of drug-likeness (QED) is 0.528. The molecule has 0 aliphatic carbocycles. The third-order valence-electron chi connectivity index (χ3n) is 3.48. The highest BCUT2D eigenvalue weighted by molar-refractivity contribution is 6.35. The summed E-state index contributed by atoms with van der Waals surface area (Å²) in [5.41, 5.74) is 4.17. The minimum atomic E-state index is 0.546. The van der Waals surface area contributed by atoms with Crippen LogP contribution in [-0.2, 0) is 0 Å². The molecule has 3 heteroatoms. The lowest BCUT2D eigenvalue weighted by Gasteiger charge is -2.11. The summed E-state index contributed by atoms with van der Waals surface area (Å²) in [5, 5.41) is 1.09. The van der Waals surface area contributed by atoms with Gasteiger partial charge in [0.05, 0.1) is 0 Å². The van der Waals surface area contributed by atoms with Crippen LogP contribution >= 0.6 is 23.2 Å². The molecule has 22 heavy (non-hydrogen) atoms. The Morgan fingerprint density at radius 1 is 0.682 bits per heavy atom. The number of rotatable bonds is 3. The molecule has 1 nitrogen and oxygen atoms in total. The van der Waals surface area contributed by atoms with Gasteiger partial charge >= 0.3 is 0 Å². The maximum absolute atomic E-state index is 11.7. The Hall–Kier alpha value is -2.09. The number of benzene rings is 3. The molecular formula is C19H12Cl2O. The van der Waals surface area contributed by atoms with Crippen molar-refractivity contribution in [3.05, 3.63) is 82.3 Å². The maximum atomic E-state index is 11.7. The molecule has 108 valence electrons. The number of carbonyl (C=O) groups excluding carboxylic acids is 1. The molecule has 0 amide bonds. The van der Waals surface area contributed by atoms with E-state index in [9.17, 15) is 4.79 Å². The SMILES string of the molecule is O=Cc1c(-c2ccccc2)cccc1-c1cc(Cl)cc(Cl)c1. The lowest BCUT2D eigenvalue weighted by atomic mass is 9.92. The van der Waals surface area contributed by atoms with Crippen molar-refractivity contribution in [2.45, 2.75) is 0 Å². The van der Waals surface area contributed by atoms with E-state index in [1.807, 2.05) is 60.7 Å². The minimum Gasteiger partial charge on any atom is -0.298 e. The van der Waals surface area contributed by atoms with E-state index >= 15 is 0 Å². The zero-order valence-electron chi connectivity index (χ0n) is 11.6. The van der Waals surface area contributed by atoms with Crippen LogP contribution < -0.4 is 0 Å². The molecule has 0 radical (unpaired) electrons. The average molecular weight is 327 g/mol. The van der Waals surface area contributed by atoms with Gasteiger partial charge in [0, 0.05) is 15.6 Å². The van der Waals surface area contributed by atoms with E-state index in [1.54, 1.807) is 6.07 Å². The molecule has 3 aromatic rings. The summed E-state index contributed by atoms with van der Waals surface area (Å²) in [4.78, 5) is 11.7. The lowest BCUT2D eigenvalue weighted by molar-refractivity contribution is 0.112. The van der Waals surface area contributed by atoms with Crippen LogP contribution in [0.3, 0.4) is 0 Å². The summed E-state index contributed by atoms with van der Waals surface area (Å²) in [6, 6.07) is 20.9. The molecule has 3 aromatic carbocycles. The molecule has 0 heterocycles. The van der Waals surface area contributed by atoms with E-state index in [-0.39, 0.29) is 0 Å². The average Bonchev–Trinajstić information content (AvgIpc) is 2.54. The van der Waals surface area contributed by atoms with Gasteiger partial charge in [0.15, 0.2) is 6.29 Å². The zero-order valence-corrected chi connectivity index (χ0v) is 13.1. The van der Waals surface area contributed by atoms with Crippen molar-refractivity contribution in [1.29, 1.82) is 0 Å². The van der Waals surface area contributed by atoms with Crippen LogP contribution in [-0.4, -0.2) is 6.29 Å². The Kier molecular flexibility index (Phi) is 4.28. The molecule has 0 bridgehead atoms. The molecule has 0 atom stereocenters. The fourth-order valence-corrected chi connectivity index (χ4v) is 3.05. The van der Waals surface area contributed by atoms with Gasteiger partial charge in [-0.25, -0.2) is 0 Å². The van der Waals surface area contributed by atoms with E-state index in [0.29, 0.717) is 15.6 Å². The topological polar surface area (TPSA) is 17.1 Å². The monoisotopic (exact) mass is 326 g/mol. The van der Waals surface area contributed by atoms with Crippen molar-refractivity contribution in [1.82, 2.24) is 0 Å². The van der Waals surface area contributed by atoms with Crippen LogP contribution in [0.4, 0.5) is 0 Å². The summed E-state index contributed by atoms with van der Waals surface area (Å²) in [6.07, 6.45) is 0.881. The largest absolute Gasteiger partial charge is 0.298 e. The molecule has 0 fully saturated rings. The zero-order chi connectivity index (χ0) is 15.5. The van der Waals surface area contributed by atoms with Crippen LogP contribution in [0, 0.1) is 0 Å². The summed E-state index contributed by atoms with van der Waals surface area (Å²) in [5.74, 6) is 0. The fraction of sp³-hybridized carbons (Fsp3) is 0. The normalized spacial score (nSPS) is 10.5.